The number of carbonyl (C=O) groups is 2. The quantitative estimate of drug-likeness (QED) is 0.348. The molecule has 0 aliphatic carbocycles. The second-order valence-electron chi connectivity index (χ2n) is 6.54. The molecule has 0 spiro atoms. The summed E-state index contributed by atoms with van der Waals surface area (Å²) < 4.78 is 10.7. The van der Waals surface area contributed by atoms with Crippen molar-refractivity contribution in [2.45, 2.75) is 26.0 Å². The topological polar surface area (TPSA) is 108 Å². The number of nitro groups is 1. The van der Waals surface area contributed by atoms with Gasteiger partial charge in [-0.15, -0.1) is 0 Å². The van der Waals surface area contributed by atoms with Crippen LogP contribution in [0, 0.1) is 17.0 Å². The minimum Gasteiger partial charge on any atom is -0.496 e. The molecular weight excluding hydrogens is 408 g/mol. The lowest BCUT2D eigenvalue weighted by molar-refractivity contribution is -0.384. The van der Waals surface area contributed by atoms with Crippen molar-refractivity contribution in [1.29, 1.82) is 0 Å². The second-order valence-corrected chi connectivity index (χ2v) is 7.52. The number of rotatable bonds is 10. The first-order valence-corrected chi connectivity index (χ1v) is 10.6. The van der Waals surface area contributed by atoms with Gasteiger partial charge >= 0.3 is 5.97 Å². The number of hydrogen-bond acceptors (Lipinski definition) is 7. The Morgan fingerprint density at radius 3 is 2.67 bits per heavy atom. The standard InChI is InChI=1S/C21H24N2O6S/c1-14-7-8-19(28-2)16(11-14)13-29-21(25)18(9-10-30-3)22-20(24)15-5-4-6-17(12-15)23(26)27/h4-8,11-12,18H,9-10,13H2,1-3H3,(H,22,24). The first kappa shape index (κ1) is 23.2. The molecule has 1 unspecified atom stereocenters. The van der Waals surface area contributed by atoms with Gasteiger partial charge in [0.25, 0.3) is 11.6 Å². The van der Waals surface area contributed by atoms with Crippen molar-refractivity contribution in [1.82, 2.24) is 5.32 Å². The van der Waals surface area contributed by atoms with Crippen LogP contribution in [0.25, 0.3) is 0 Å². The van der Waals surface area contributed by atoms with Crippen LogP contribution >= 0.6 is 11.8 Å². The average Bonchev–Trinajstić information content (AvgIpc) is 2.74. The number of benzene rings is 2. The summed E-state index contributed by atoms with van der Waals surface area (Å²) >= 11 is 1.53. The van der Waals surface area contributed by atoms with E-state index in [4.69, 9.17) is 9.47 Å². The minimum atomic E-state index is -0.875. The Hall–Kier alpha value is -3.07. The zero-order valence-corrected chi connectivity index (χ0v) is 17.9. The number of ether oxygens (including phenoxy) is 2. The van der Waals surface area contributed by atoms with Gasteiger partial charge in [-0.2, -0.15) is 11.8 Å². The molecule has 0 bridgehead atoms. The Morgan fingerprint density at radius 2 is 2.00 bits per heavy atom. The fourth-order valence-electron chi connectivity index (χ4n) is 2.76. The zero-order valence-electron chi connectivity index (χ0n) is 17.0. The minimum absolute atomic E-state index is 0.00609. The fourth-order valence-corrected chi connectivity index (χ4v) is 3.23. The number of nitro benzene ring substituents is 1. The average molecular weight is 432 g/mol. The Balaban J connectivity index is 2.10. The van der Waals surface area contributed by atoms with Crippen LogP contribution in [0.1, 0.15) is 27.9 Å². The molecule has 2 aromatic carbocycles. The summed E-state index contributed by atoms with van der Waals surface area (Å²) in [7, 11) is 1.54. The van der Waals surface area contributed by atoms with Crippen molar-refractivity contribution in [3.8, 4) is 5.75 Å². The first-order chi connectivity index (χ1) is 14.3. The van der Waals surface area contributed by atoms with Crippen molar-refractivity contribution in [2.24, 2.45) is 0 Å². The van der Waals surface area contributed by atoms with Gasteiger partial charge in [-0.1, -0.05) is 17.7 Å². The normalized spacial score (nSPS) is 11.4. The Kier molecular flexibility index (Phi) is 8.67. The highest BCUT2D eigenvalue weighted by Crippen LogP contribution is 2.21. The van der Waals surface area contributed by atoms with Gasteiger partial charge in [0.1, 0.15) is 18.4 Å². The molecule has 2 aromatic rings. The number of nitrogens with zero attached hydrogens (tertiary/aromatic N) is 1. The van der Waals surface area contributed by atoms with Crippen molar-refractivity contribution in [3.05, 3.63) is 69.3 Å². The molecule has 0 aliphatic heterocycles. The number of nitrogens with one attached hydrogen (secondary N) is 1. The van der Waals surface area contributed by atoms with Gasteiger partial charge in [0.05, 0.1) is 12.0 Å². The van der Waals surface area contributed by atoms with E-state index in [2.05, 4.69) is 5.32 Å². The van der Waals surface area contributed by atoms with E-state index in [1.54, 1.807) is 6.07 Å². The maximum absolute atomic E-state index is 12.7. The maximum Gasteiger partial charge on any atom is 0.329 e. The van der Waals surface area contributed by atoms with E-state index in [-0.39, 0.29) is 17.9 Å². The zero-order chi connectivity index (χ0) is 22.1. The number of carbonyl (C=O) groups excluding carboxylic acids is 2. The summed E-state index contributed by atoms with van der Waals surface area (Å²) in [4.78, 5) is 35.6. The molecule has 1 atom stereocenters. The van der Waals surface area contributed by atoms with Crippen LogP contribution in [-0.2, 0) is 16.1 Å². The second kappa shape index (κ2) is 11.2. The van der Waals surface area contributed by atoms with Crippen molar-refractivity contribution in [3.63, 3.8) is 0 Å². The van der Waals surface area contributed by atoms with Crippen molar-refractivity contribution < 1.29 is 24.0 Å². The third-order valence-corrected chi connectivity index (χ3v) is 4.97. The smallest absolute Gasteiger partial charge is 0.329 e. The summed E-state index contributed by atoms with van der Waals surface area (Å²) in [6, 6.07) is 10.0. The van der Waals surface area contributed by atoms with E-state index in [9.17, 15) is 19.7 Å². The third kappa shape index (κ3) is 6.48. The first-order valence-electron chi connectivity index (χ1n) is 9.20. The highest BCUT2D eigenvalue weighted by Gasteiger charge is 2.24. The molecule has 0 saturated carbocycles. The Morgan fingerprint density at radius 1 is 1.23 bits per heavy atom. The monoisotopic (exact) mass is 432 g/mol. The molecule has 0 aliphatic rings. The van der Waals surface area contributed by atoms with E-state index in [0.29, 0.717) is 17.9 Å². The summed E-state index contributed by atoms with van der Waals surface area (Å²) in [5, 5.41) is 13.6. The number of methoxy groups -OCH3 is 1. The van der Waals surface area contributed by atoms with Crippen LogP contribution in [0.2, 0.25) is 0 Å². The summed E-state index contributed by atoms with van der Waals surface area (Å²) in [6.07, 6.45) is 2.26. The largest absolute Gasteiger partial charge is 0.496 e. The van der Waals surface area contributed by atoms with E-state index in [1.807, 2.05) is 25.3 Å². The van der Waals surface area contributed by atoms with Crippen LogP contribution in [0.15, 0.2) is 42.5 Å². The molecule has 0 fully saturated rings. The summed E-state index contributed by atoms with van der Waals surface area (Å²) in [5.41, 5.74) is 1.63. The van der Waals surface area contributed by atoms with E-state index >= 15 is 0 Å². The highest BCUT2D eigenvalue weighted by molar-refractivity contribution is 7.98. The van der Waals surface area contributed by atoms with Gasteiger partial charge in [0.15, 0.2) is 0 Å². The Bertz CT molecular complexity index is 918. The third-order valence-electron chi connectivity index (χ3n) is 4.33. The van der Waals surface area contributed by atoms with E-state index < -0.39 is 22.8 Å². The van der Waals surface area contributed by atoms with Crippen LogP contribution < -0.4 is 10.1 Å². The summed E-state index contributed by atoms with van der Waals surface area (Å²) in [5.74, 6) is 0.0823. The lowest BCUT2D eigenvalue weighted by atomic mass is 10.1. The van der Waals surface area contributed by atoms with Crippen molar-refractivity contribution in [2.75, 3.05) is 19.1 Å². The number of esters is 1. The van der Waals surface area contributed by atoms with E-state index in [1.165, 1.54) is 43.1 Å². The van der Waals surface area contributed by atoms with Gasteiger partial charge in [0, 0.05) is 23.3 Å². The van der Waals surface area contributed by atoms with Crippen LogP contribution in [0.3, 0.4) is 0 Å². The van der Waals surface area contributed by atoms with Crippen LogP contribution in [0.5, 0.6) is 5.75 Å². The van der Waals surface area contributed by atoms with Gasteiger partial charge in [-0.3, -0.25) is 14.9 Å². The summed E-state index contributed by atoms with van der Waals surface area (Å²) in [6.45, 7) is 1.93. The molecule has 8 nitrogen and oxygen atoms in total. The fraction of sp³-hybridized carbons (Fsp3) is 0.333. The number of aryl methyl sites for hydroxylation is 1. The Labute approximate surface area is 179 Å². The van der Waals surface area contributed by atoms with Gasteiger partial charge in [-0.05, 0) is 43.6 Å². The number of hydrogen-bond donors (Lipinski definition) is 1. The number of non-ortho nitro benzene ring substituents is 1. The molecule has 160 valence electrons. The van der Waals surface area contributed by atoms with Gasteiger partial charge < -0.3 is 14.8 Å². The van der Waals surface area contributed by atoms with Crippen LogP contribution in [-0.4, -0.2) is 42.0 Å². The molecule has 0 heterocycles. The predicted octanol–water partition coefficient (Wildman–Crippen LogP) is 3.51. The molecule has 0 saturated heterocycles. The maximum atomic E-state index is 12.7. The van der Waals surface area contributed by atoms with Gasteiger partial charge in [0.2, 0.25) is 0 Å². The lowest BCUT2D eigenvalue weighted by Gasteiger charge is -2.18. The molecule has 1 N–H and O–H groups in total. The SMILES string of the molecule is COc1ccc(C)cc1COC(=O)C(CCSC)NC(=O)c1cccc([N+](=O)[O-])c1. The molecule has 0 radical (unpaired) electrons. The van der Waals surface area contributed by atoms with Gasteiger partial charge in [-0.25, -0.2) is 4.79 Å². The molecular formula is C21H24N2O6S. The molecule has 30 heavy (non-hydrogen) atoms. The number of thioether (sulfide) groups is 1. The molecule has 0 aromatic heterocycles. The molecule has 1 amide bonds. The lowest BCUT2D eigenvalue weighted by Crippen LogP contribution is -2.42. The molecule has 9 heteroatoms. The highest BCUT2D eigenvalue weighted by atomic mass is 32.2. The van der Waals surface area contributed by atoms with E-state index in [0.717, 1.165) is 11.1 Å². The number of amides is 1. The predicted molar refractivity (Wildman–Crippen MR) is 115 cm³/mol. The van der Waals surface area contributed by atoms with Crippen LogP contribution in [0.4, 0.5) is 5.69 Å². The molecule has 2 rings (SSSR count). The van der Waals surface area contributed by atoms with Crippen molar-refractivity contribution >= 4 is 29.3 Å².